The highest BCUT2D eigenvalue weighted by atomic mass is 35.5. The first kappa shape index (κ1) is 18.9. The third-order valence-corrected chi connectivity index (χ3v) is 6.49. The largest absolute Gasteiger partial charge is 0.336 e. The van der Waals surface area contributed by atoms with E-state index in [-0.39, 0.29) is 5.25 Å². The zero-order valence-electron chi connectivity index (χ0n) is 13.0. The Bertz CT molecular complexity index is 852. The molecule has 1 unspecified atom stereocenters. The van der Waals surface area contributed by atoms with Crippen molar-refractivity contribution < 1.29 is 0 Å². The molecule has 2 aromatic carbocycles. The van der Waals surface area contributed by atoms with Gasteiger partial charge in [-0.05, 0) is 35.4 Å². The number of hydrogen-bond acceptors (Lipinski definition) is 2. The average molecular weight is 432 g/mol. The van der Waals surface area contributed by atoms with Gasteiger partial charge in [-0.25, -0.2) is 4.98 Å². The van der Waals surface area contributed by atoms with Crippen molar-refractivity contribution in [2.24, 2.45) is 0 Å². The van der Waals surface area contributed by atoms with E-state index in [2.05, 4.69) is 9.55 Å². The van der Waals surface area contributed by atoms with Crippen LogP contribution in [0.3, 0.4) is 0 Å². The molecule has 25 heavy (non-hydrogen) atoms. The second kappa shape index (κ2) is 8.70. The first-order valence-corrected chi connectivity index (χ1v) is 10.0. The Morgan fingerprint density at radius 2 is 1.64 bits per heavy atom. The maximum Gasteiger partial charge on any atom is 0.0946 e. The molecule has 0 spiro atoms. The van der Waals surface area contributed by atoms with Crippen molar-refractivity contribution in [1.82, 2.24) is 9.55 Å². The summed E-state index contributed by atoms with van der Waals surface area (Å²) in [6, 6.07) is 11.5. The number of rotatable bonds is 6. The van der Waals surface area contributed by atoms with Gasteiger partial charge >= 0.3 is 0 Å². The summed E-state index contributed by atoms with van der Waals surface area (Å²) in [6.45, 7) is 0.782. The van der Waals surface area contributed by atoms with Gasteiger partial charge in [-0.1, -0.05) is 58.5 Å². The van der Waals surface area contributed by atoms with E-state index in [1.807, 2.05) is 48.9 Å². The van der Waals surface area contributed by atoms with Crippen LogP contribution >= 0.6 is 58.2 Å². The molecule has 1 heterocycles. The lowest BCUT2D eigenvalue weighted by molar-refractivity contribution is 0.683. The average Bonchev–Trinajstić information content (AvgIpc) is 3.10. The molecule has 0 aliphatic rings. The molecule has 0 fully saturated rings. The molecule has 3 rings (SSSR count). The van der Waals surface area contributed by atoms with E-state index < -0.39 is 0 Å². The van der Waals surface area contributed by atoms with E-state index in [9.17, 15) is 0 Å². The Morgan fingerprint density at radius 1 is 0.920 bits per heavy atom. The lowest BCUT2D eigenvalue weighted by atomic mass is 10.1. The summed E-state index contributed by atoms with van der Waals surface area (Å²) < 4.78 is 2.05. The highest BCUT2D eigenvalue weighted by Gasteiger charge is 2.15. The van der Waals surface area contributed by atoms with E-state index in [0.717, 1.165) is 23.4 Å². The van der Waals surface area contributed by atoms with E-state index in [4.69, 9.17) is 46.4 Å². The van der Waals surface area contributed by atoms with Gasteiger partial charge in [-0.2, -0.15) is 0 Å². The van der Waals surface area contributed by atoms with Gasteiger partial charge in [0.05, 0.1) is 26.4 Å². The molecule has 1 aromatic heterocycles. The standard InChI is InChI=1S/C18H14Cl4N2S/c19-14-3-1-12(7-16(14)21)10-25-18(9-24-6-5-23-11-24)13-2-4-15(20)17(22)8-13/h1-8,11,18H,9-10H2. The minimum atomic E-state index is 0.193. The van der Waals surface area contributed by atoms with Crippen molar-refractivity contribution in [3.8, 4) is 0 Å². The summed E-state index contributed by atoms with van der Waals surface area (Å²) in [6.07, 6.45) is 5.53. The van der Waals surface area contributed by atoms with Gasteiger partial charge in [0.1, 0.15) is 0 Å². The van der Waals surface area contributed by atoms with Crippen LogP contribution in [0.25, 0.3) is 0 Å². The van der Waals surface area contributed by atoms with Crippen LogP contribution in [0, 0.1) is 0 Å². The second-order valence-electron chi connectivity index (χ2n) is 5.48. The third-order valence-electron chi connectivity index (χ3n) is 3.69. The smallest absolute Gasteiger partial charge is 0.0946 e. The first-order valence-electron chi connectivity index (χ1n) is 7.49. The molecule has 0 radical (unpaired) electrons. The Labute approximate surface area is 171 Å². The van der Waals surface area contributed by atoms with E-state index in [1.54, 1.807) is 18.0 Å². The lowest BCUT2D eigenvalue weighted by Gasteiger charge is -2.18. The molecule has 3 aromatic rings. The maximum absolute atomic E-state index is 6.20. The van der Waals surface area contributed by atoms with Gasteiger partial charge < -0.3 is 4.57 Å². The molecule has 7 heteroatoms. The normalized spacial score (nSPS) is 12.3. The Morgan fingerprint density at radius 3 is 2.28 bits per heavy atom. The van der Waals surface area contributed by atoms with Crippen molar-refractivity contribution in [2.75, 3.05) is 0 Å². The Hall–Kier alpha value is -0.840. The van der Waals surface area contributed by atoms with Gasteiger partial charge in [0.25, 0.3) is 0 Å². The van der Waals surface area contributed by atoms with Crippen molar-refractivity contribution in [3.63, 3.8) is 0 Å². The predicted octanol–water partition coefficient (Wildman–Crippen LogP) is 7.17. The Balaban J connectivity index is 1.80. The van der Waals surface area contributed by atoms with Crippen LogP contribution in [0.1, 0.15) is 16.4 Å². The molecular formula is C18H14Cl4N2S. The van der Waals surface area contributed by atoms with Gasteiger partial charge in [0.2, 0.25) is 0 Å². The zero-order valence-corrected chi connectivity index (χ0v) is 16.8. The summed E-state index contributed by atoms with van der Waals surface area (Å²) in [4.78, 5) is 4.11. The van der Waals surface area contributed by atoms with E-state index in [1.165, 1.54) is 0 Å². The van der Waals surface area contributed by atoms with Crippen molar-refractivity contribution in [3.05, 3.63) is 86.3 Å². The number of imidazole rings is 1. The highest BCUT2D eigenvalue weighted by molar-refractivity contribution is 7.98. The van der Waals surface area contributed by atoms with Crippen LogP contribution in [-0.4, -0.2) is 9.55 Å². The summed E-state index contributed by atoms with van der Waals surface area (Å²) in [5, 5.41) is 2.44. The summed E-state index contributed by atoms with van der Waals surface area (Å²) >= 11 is 26.2. The number of thioether (sulfide) groups is 1. The Kier molecular flexibility index (Phi) is 6.59. The van der Waals surface area contributed by atoms with Gasteiger partial charge in [-0.3, -0.25) is 0 Å². The maximum atomic E-state index is 6.20. The van der Waals surface area contributed by atoms with Crippen molar-refractivity contribution in [2.45, 2.75) is 17.5 Å². The SMILES string of the molecule is Clc1ccc(CSC(Cn2ccnc2)c2ccc(Cl)c(Cl)c2)cc1Cl. The molecule has 0 bridgehead atoms. The fourth-order valence-electron chi connectivity index (χ4n) is 2.38. The number of aromatic nitrogens is 2. The van der Waals surface area contributed by atoms with Crippen molar-refractivity contribution >= 4 is 58.2 Å². The molecule has 0 saturated heterocycles. The molecule has 0 amide bonds. The fourth-order valence-corrected chi connectivity index (χ4v) is 4.20. The minimum absolute atomic E-state index is 0.193. The number of benzene rings is 2. The number of hydrogen-bond donors (Lipinski definition) is 0. The molecule has 0 aliphatic heterocycles. The summed E-state index contributed by atoms with van der Waals surface area (Å²) in [5.74, 6) is 0.802. The first-order chi connectivity index (χ1) is 12.0. The molecule has 0 aliphatic carbocycles. The second-order valence-corrected chi connectivity index (χ2v) is 8.30. The van der Waals surface area contributed by atoms with Gasteiger partial charge in [0.15, 0.2) is 0 Å². The third kappa shape index (κ3) is 5.08. The quantitative estimate of drug-likeness (QED) is 0.411. The van der Waals surface area contributed by atoms with Crippen LogP contribution in [-0.2, 0) is 12.3 Å². The van der Waals surface area contributed by atoms with Crippen molar-refractivity contribution in [1.29, 1.82) is 0 Å². The van der Waals surface area contributed by atoms with Crippen LogP contribution in [0.5, 0.6) is 0 Å². The van der Waals surface area contributed by atoms with Crippen LogP contribution in [0.2, 0.25) is 20.1 Å². The molecule has 2 nitrogen and oxygen atoms in total. The summed E-state index contributed by atoms with van der Waals surface area (Å²) in [7, 11) is 0. The number of halogens is 4. The van der Waals surface area contributed by atoms with Gasteiger partial charge in [-0.15, -0.1) is 11.8 Å². The molecule has 130 valence electrons. The predicted molar refractivity (Wildman–Crippen MR) is 109 cm³/mol. The molecular weight excluding hydrogens is 418 g/mol. The van der Waals surface area contributed by atoms with Crippen LogP contribution in [0.15, 0.2) is 55.1 Å². The summed E-state index contributed by atoms with van der Waals surface area (Å²) in [5.41, 5.74) is 2.24. The lowest BCUT2D eigenvalue weighted by Crippen LogP contribution is -2.05. The topological polar surface area (TPSA) is 17.8 Å². The molecule has 1 atom stereocenters. The minimum Gasteiger partial charge on any atom is -0.336 e. The fraction of sp³-hybridized carbons (Fsp3) is 0.167. The van der Waals surface area contributed by atoms with Crippen LogP contribution in [0.4, 0.5) is 0 Å². The monoisotopic (exact) mass is 430 g/mol. The van der Waals surface area contributed by atoms with E-state index in [0.29, 0.717) is 20.1 Å². The molecule has 0 N–H and O–H groups in total. The zero-order chi connectivity index (χ0) is 17.8. The van der Waals surface area contributed by atoms with E-state index >= 15 is 0 Å². The molecule has 0 saturated carbocycles. The number of nitrogens with zero attached hydrogens (tertiary/aromatic N) is 2. The van der Waals surface area contributed by atoms with Gasteiger partial charge in [0, 0.05) is 29.9 Å². The van der Waals surface area contributed by atoms with Crippen LogP contribution < -0.4 is 0 Å². The highest BCUT2D eigenvalue weighted by Crippen LogP contribution is 2.36.